The second kappa shape index (κ2) is 7.16. The van der Waals surface area contributed by atoms with Crippen LogP contribution in [0.15, 0.2) is 53.6 Å². The Morgan fingerprint density at radius 2 is 2.04 bits per heavy atom. The van der Waals surface area contributed by atoms with Gasteiger partial charge in [0.1, 0.15) is 11.8 Å². The maximum atomic E-state index is 12.6. The van der Waals surface area contributed by atoms with Gasteiger partial charge in [0.25, 0.3) is 5.91 Å². The fourth-order valence-electron chi connectivity index (χ4n) is 2.81. The van der Waals surface area contributed by atoms with Gasteiger partial charge in [0.2, 0.25) is 0 Å². The number of nitriles is 1. The molecule has 0 unspecified atom stereocenters. The summed E-state index contributed by atoms with van der Waals surface area (Å²) in [5, 5.41) is 25.9. The Labute approximate surface area is 155 Å². The monoisotopic (exact) mass is 369 g/mol. The van der Waals surface area contributed by atoms with Crippen molar-refractivity contribution in [2.24, 2.45) is 5.10 Å². The van der Waals surface area contributed by atoms with Crippen molar-refractivity contribution in [2.75, 3.05) is 6.61 Å². The molecule has 1 aliphatic heterocycles. The average molecular weight is 370 g/mol. The van der Waals surface area contributed by atoms with Gasteiger partial charge in [-0.25, -0.2) is 0 Å². The van der Waals surface area contributed by atoms with Crippen LogP contribution in [0.25, 0.3) is 0 Å². The van der Waals surface area contributed by atoms with Crippen LogP contribution in [0.5, 0.6) is 5.75 Å². The average Bonchev–Trinajstić information content (AvgIpc) is 2.96. The predicted octanol–water partition coefficient (Wildman–Crippen LogP) is 3.04. The molecule has 0 aromatic heterocycles. The van der Waals surface area contributed by atoms with Crippen LogP contribution in [0.2, 0.25) is 5.02 Å². The number of amides is 1. The van der Waals surface area contributed by atoms with E-state index in [0.29, 0.717) is 27.6 Å². The molecule has 1 atom stereocenters. The zero-order valence-electron chi connectivity index (χ0n) is 14.0. The topological polar surface area (TPSA) is 85.9 Å². The Kier molecular flexibility index (Phi) is 4.94. The minimum Gasteiger partial charge on any atom is -0.482 e. The van der Waals surface area contributed by atoms with E-state index in [2.05, 4.69) is 5.10 Å². The normalized spacial score (nSPS) is 19.0. The lowest BCUT2D eigenvalue weighted by molar-refractivity contribution is -0.159. The van der Waals surface area contributed by atoms with Gasteiger partial charge in [-0.2, -0.15) is 15.4 Å². The first kappa shape index (κ1) is 17.9. The van der Waals surface area contributed by atoms with E-state index in [1.807, 2.05) is 6.07 Å². The van der Waals surface area contributed by atoms with E-state index < -0.39 is 11.6 Å². The summed E-state index contributed by atoms with van der Waals surface area (Å²) in [6, 6.07) is 15.2. The van der Waals surface area contributed by atoms with Crippen LogP contribution in [0.4, 0.5) is 0 Å². The summed E-state index contributed by atoms with van der Waals surface area (Å²) in [5.74, 6) is -0.217. The lowest BCUT2D eigenvalue weighted by Gasteiger charge is -2.31. The highest BCUT2D eigenvalue weighted by Crippen LogP contribution is 2.35. The number of hydrogen-bond donors (Lipinski definition) is 1. The van der Waals surface area contributed by atoms with E-state index in [1.54, 1.807) is 55.5 Å². The molecule has 1 aliphatic rings. The molecule has 26 heavy (non-hydrogen) atoms. The van der Waals surface area contributed by atoms with Crippen molar-refractivity contribution in [3.05, 3.63) is 64.7 Å². The van der Waals surface area contributed by atoms with Crippen LogP contribution in [-0.4, -0.2) is 28.3 Å². The van der Waals surface area contributed by atoms with Gasteiger partial charge in [-0.05, 0) is 31.2 Å². The highest BCUT2D eigenvalue weighted by molar-refractivity contribution is 6.30. The van der Waals surface area contributed by atoms with Crippen molar-refractivity contribution in [2.45, 2.75) is 19.1 Å². The Hall–Kier alpha value is -2.88. The Bertz CT molecular complexity index is 905. The summed E-state index contributed by atoms with van der Waals surface area (Å²) in [7, 11) is 0. The Balaban J connectivity index is 1.80. The number of rotatable bonds is 4. The molecule has 132 valence electrons. The van der Waals surface area contributed by atoms with E-state index in [-0.39, 0.29) is 13.0 Å². The van der Waals surface area contributed by atoms with E-state index >= 15 is 0 Å². The van der Waals surface area contributed by atoms with E-state index in [9.17, 15) is 9.90 Å². The van der Waals surface area contributed by atoms with Crippen molar-refractivity contribution in [3.8, 4) is 11.8 Å². The minimum atomic E-state index is -1.59. The molecule has 7 heteroatoms. The van der Waals surface area contributed by atoms with Crippen molar-refractivity contribution in [1.82, 2.24) is 5.01 Å². The standard InChI is InChI=1S/C19H16ClN3O3/c1-13-10-19(25,15-6-8-16(20)9-7-15)23(22-13)18(24)12-26-17-5-3-2-4-14(17)11-21/h2-9,25H,10,12H2,1H3/t19-/m0/s1. The third-order valence-electron chi connectivity index (χ3n) is 4.02. The maximum absolute atomic E-state index is 12.6. The van der Waals surface area contributed by atoms with Crippen LogP contribution in [0, 0.1) is 11.3 Å². The van der Waals surface area contributed by atoms with Gasteiger partial charge in [-0.1, -0.05) is 35.9 Å². The Morgan fingerprint density at radius 3 is 2.73 bits per heavy atom. The second-order valence-corrected chi connectivity index (χ2v) is 6.37. The summed E-state index contributed by atoms with van der Waals surface area (Å²) in [6.45, 7) is 1.38. The fourth-order valence-corrected chi connectivity index (χ4v) is 2.94. The van der Waals surface area contributed by atoms with Crippen LogP contribution < -0.4 is 4.74 Å². The minimum absolute atomic E-state index is 0.190. The van der Waals surface area contributed by atoms with E-state index in [4.69, 9.17) is 21.6 Å². The lowest BCUT2D eigenvalue weighted by atomic mass is 9.98. The molecule has 1 amide bonds. The number of hydrazone groups is 1. The zero-order chi connectivity index (χ0) is 18.7. The first-order valence-electron chi connectivity index (χ1n) is 7.91. The number of carbonyl (C=O) groups excluding carboxylic acids is 1. The van der Waals surface area contributed by atoms with Crippen molar-refractivity contribution in [3.63, 3.8) is 0 Å². The molecular weight excluding hydrogens is 354 g/mol. The van der Waals surface area contributed by atoms with E-state index in [0.717, 1.165) is 5.01 Å². The number of para-hydroxylation sites is 1. The zero-order valence-corrected chi connectivity index (χ0v) is 14.8. The number of hydrogen-bond acceptors (Lipinski definition) is 5. The summed E-state index contributed by atoms with van der Waals surface area (Å²) in [6.07, 6.45) is 0.190. The fraction of sp³-hybridized carbons (Fsp3) is 0.211. The highest BCUT2D eigenvalue weighted by Gasteiger charge is 2.44. The summed E-state index contributed by atoms with van der Waals surface area (Å²) < 4.78 is 5.47. The first-order chi connectivity index (χ1) is 12.4. The molecule has 0 aliphatic carbocycles. The van der Waals surface area contributed by atoms with Crippen LogP contribution in [0.1, 0.15) is 24.5 Å². The number of benzene rings is 2. The summed E-state index contributed by atoms with van der Waals surface area (Å²) in [5.41, 5.74) is -0.139. The molecule has 3 rings (SSSR count). The third-order valence-corrected chi connectivity index (χ3v) is 4.28. The summed E-state index contributed by atoms with van der Waals surface area (Å²) in [4.78, 5) is 12.6. The highest BCUT2D eigenvalue weighted by atomic mass is 35.5. The molecular formula is C19H16ClN3O3. The maximum Gasteiger partial charge on any atom is 0.283 e. The quantitative estimate of drug-likeness (QED) is 0.897. The number of halogens is 1. The first-order valence-corrected chi connectivity index (χ1v) is 8.29. The van der Waals surface area contributed by atoms with Crippen LogP contribution >= 0.6 is 11.6 Å². The summed E-state index contributed by atoms with van der Waals surface area (Å²) >= 11 is 5.90. The molecule has 0 bridgehead atoms. The largest absolute Gasteiger partial charge is 0.482 e. The van der Waals surface area contributed by atoms with Gasteiger partial charge < -0.3 is 9.84 Å². The van der Waals surface area contributed by atoms with Gasteiger partial charge in [0, 0.05) is 22.7 Å². The molecule has 1 N–H and O–H groups in total. The van der Waals surface area contributed by atoms with Crippen LogP contribution in [0.3, 0.4) is 0 Å². The van der Waals surface area contributed by atoms with Gasteiger partial charge in [-0.3, -0.25) is 4.79 Å². The predicted molar refractivity (Wildman–Crippen MR) is 96.6 cm³/mol. The van der Waals surface area contributed by atoms with Crippen molar-refractivity contribution >= 4 is 23.2 Å². The van der Waals surface area contributed by atoms with E-state index in [1.165, 1.54) is 0 Å². The SMILES string of the molecule is CC1=NN(C(=O)COc2ccccc2C#N)[C@@](O)(c2ccc(Cl)cc2)C1. The number of aliphatic hydroxyl groups is 1. The molecule has 1 heterocycles. The second-order valence-electron chi connectivity index (χ2n) is 5.94. The smallest absolute Gasteiger partial charge is 0.283 e. The molecule has 0 radical (unpaired) electrons. The molecule has 0 saturated carbocycles. The van der Waals surface area contributed by atoms with Gasteiger partial charge in [0.05, 0.1) is 5.56 Å². The molecule has 2 aromatic carbocycles. The van der Waals surface area contributed by atoms with Crippen molar-refractivity contribution in [1.29, 1.82) is 5.26 Å². The number of ether oxygens (including phenoxy) is 1. The molecule has 0 fully saturated rings. The van der Waals surface area contributed by atoms with Gasteiger partial charge >= 0.3 is 0 Å². The van der Waals surface area contributed by atoms with Gasteiger partial charge in [0.15, 0.2) is 12.3 Å². The van der Waals surface area contributed by atoms with Crippen molar-refractivity contribution < 1.29 is 14.6 Å². The molecule has 6 nitrogen and oxygen atoms in total. The number of carbonyl (C=O) groups is 1. The number of nitrogens with zero attached hydrogens (tertiary/aromatic N) is 3. The van der Waals surface area contributed by atoms with Gasteiger partial charge in [-0.15, -0.1) is 0 Å². The third kappa shape index (κ3) is 3.40. The molecule has 0 saturated heterocycles. The molecule has 2 aromatic rings. The molecule has 0 spiro atoms. The Morgan fingerprint density at radius 1 is 1.35 bits per heavy atom. The van der Waals surface area contributed by atoms with Crippen LogP contribution in [-0.2, 0) is 10.5 Å². The lowest BCUT2D eigenvalue weighted by Crippen LogP contribution is -2.45.